The van der Waals surface area contributed by atoms with E-state index in [1.54, 1.807) is 6.20 Å². The number of anilines is 1. The van der Waals surface area contributed by atoms with Gasteiger partial charge in [-0.1, -0.05) is 17.7 Å². The van der Waals surface area contributed by atoms with Crippen molar-refractivity contribution in [3.05, 3.63) is 57.8 Å². The van der Waals surface area contributed by atoms with Crippen molar-refractivity contribution >= 4 is 5.82 Å². The van der Waals surface area contributed by atoms with Gasteiger partial charge in [-0.3, -0.25) is 0 Å². The zero-order valence-electron chi connectivity index (χ0n) is 11.5. The van der Waals surface area contributed by atoms with Gasteiger partial charge >= 0.3 is 0 Å². The molecule has 0 bridgehead atoms. The summed E-state index contributed by atoms with van der Waals surface area (Å²) in [4.78, 5) is 4.19. The fraction of sp³-hybridized carbons (Fsp3) is 0.312. The second kappa shape index (κ2) is 4.81. The van der Waals surface area contributed by atoms with Gasteiger partial charge in [0.25, 0.3) is 0 Å². The van der Waals surface area contributed by atoms with Crippen LogP contribution in [0.3, 0.4) is 0 Å². The molecule has 18 heavy (non-hydrogen) atoms. The summed E-state index contributed by atoms with van der Waals surface area (Å²) >= 11 is 0. The third-order valence-corrected chi connectivity index (χ3v) is 3.52. The Labute approximate surface area is 109 Å². The van der Waals surface area contributed by atoms with Crippen molar-refractivity contribution in [3.8, 4) is 0 Å². The largest absolute Gasteiger partial charge is 0.383 e. The third-order valence-electron chi connectivity index (χ3n) is 3.52. The van der Waals surface area contributed by atoms with Gasteiger partial charge in [0, 0.05) is 18.2 Å². The molecule has 0 aliphatic carbocycles. The van der Waals surface area contributed by atoms with E-state index in [0.29, 0.717) is 5.82 Å². The average Bonchev–Trinajstić information content (AvgIpc) is 2.26. The monoisotopic (exact) mass is 240 g/mol. The molecule has 0 atom stereocenters. The lowest BCUT2D eigenvalue weighted by Gasteiger charge is -2.14. The number of pyridine rings is 1. The van der Waals surface area contributed by atoms with Gasteiger partial charge < -0.3 is 5.73 Å². The number of rotatable bonds is 2. The first-order valence-electron chi connectivity index (χ1n) is 6.25. The molecule has 0 saturated carbocycles. The fourth-order valence-corrected chi connectivity index (χ4v) is 2.51. The molecule has 1 heterocycles. The van der Waals surface area contributed by atoms with Crippen LogP contribution in [0.2, 0.25) is 0 Å². The number of aromatic nitrogens is 1. The number of nitrogen functional groups attached to an aromatic ring is 1. The summed E-state index contributed by atoms with van der Waals surface area (Å²) in [5.41, 5.74) is 13.7. The lowest BCUT2D eigenvalue weighted by molar-refractivity contribution is 1.07. The molecule has 2 rings (SSSR count). The maximum atomic E-state index is 5.99. The molecule has 0 radical (unpaired) electrons. The van der Waals surface area contributed by atoms with Crippen molar-refractivity contribution in [3.63, 3.8) is 0 Å². The third kappa shape index (κ3) is 2.37. The molecule has 2 heteroatoms. The maximum Gasteiger partial charge on any atom is 0.127 e. The van der Waals surface area contributed by atoms with Crippen molar-refractivity contribution in [2.75, 3.05) is 5.73 Å². The van der Waals surface area contributed by atoms with Crippen LogP contribution in [0.4, 0.5) is 5.82 Å². The van der Waals surface area contributed by atoms with E-state index in [1.165, 1.54) is 27.8 Å². The van der Waals surface area contributed by atoms with Crippen molar-refractivity contribution in [2.45, 2.75) is 34.1 Å². The van der Waals surface area contributed by atoms with Gasteiger partial charge in [0.05, 0.1) is 0 Å². The Balaban J connectivity index is 2.47. The second-order valence-electron chi connectivity index (χ2n) is 5.05. The van der Waals surface area contributed by atoms with Crippen LogP contribution in [0.5, 0.6) is 0 Å². The van der Waals surface area contributed by atoms with E-state index in [4.69, 9.17) is 5.73 Å². The summed E-state index contributed by atoms with van der Waals surface area (Å²) in [5, 5.41) is 0. The molecule has 0 spiro atoms. The minimum atomic E-state index is 0.648. The molecular weight excluding hydrogens is 220 g/mol. The quantitative estimate of drug-likeness (QED) is 0.872. The number of aryl methyl sites for hydroxylation is 4. The second-order valence-corrected chi connectivity index (χ2v) is 5.05. The van der Waals surface area contributed by atoms with Gasteiger partial charge in [-0.15, -0.1) is 0 Å². The first kappa shape index (κ1) is 12.6. The Morgan fingerprint density at radius 3 is 2.11 bits per heavy atom. The molecule has 0 fully saturated rings. The van der Waals surface area contributed by atoms with Crippen LogP contribution in [0, 0.1) is 27.7 Å². The highest BCUT2D eigenvalue weighted by Gasteiger charge is 2.09. The number of nitrogens with zero attached hydrogens (tertiary/aromatic N) is 1. The van der Waals surface area contributed by atoms with Crippen LogP contribution in [0.15, 0.2) is 24.4 Å². The van der Waals surface area contributed by atoms with Gasteiger partial charge in [0.2, 0.25) is 0 Å². The Hall–Kier alpha value is -1.83. The summed E-state index contributed by atoms with van der Waals surface area (Å²) in [6, 6.07) is 6.47. The van der Waals surface area contributed by atoms with E-state index < -0.39 is 0 Å². The molecular formula is C16H20N2. The highest BCUT2D eigenvalue weighted by atomic mass is 14.8. The standard InChI is InChI=1S/C16H20N2/c1-10-7-12(3)14(13(4)8-10)9-15-11(2)5-6-18-16(15)17/h5-8H,9H2,1-4H3,(H2,17,18). The number of hydrogen-bond acceptors (Lipinski definition) is 2. The highest BCUT2D eigenvalue weighted by Crippen LogP contribution is 2.23. The Kier molecular flexibility index (Phi) is 3.37. The Morgan fingerprint density at radius 2 is 1.56 bits per heavy atom. The van der Waals surface area contributed by atoms with Gasteiger partial charge in [0.15, 0.2) is 0 Å². The van der Waals surface area contributed by atoms with E-state index in [9.17, 15) is 0 Å². The number of benzene rings is 1. The molecule has 0 saturated heterocycles. The lowest BCUT2D eigenvalue weighted by atomic mass is 9.93. The minimum absolute atomic E-state index is 0.648. The average molecular weight is 240 g/mol. The molecule has 94 valence electrons. The molecule has 2 aromatic rings. The van der Waals surface area contributed by atoms with Crippen LogP contribution in [0.25, 0.3) is 0 Å². The molecule has 0 amide bonds. The van der Waals surface area contributed by atoms with Crippen LogP contribution < -0.4 is 5.73 Å². The summed E-state index contributed by atoms with van der Waals surface area (Å²) in [6.07, 6.45) is 2.63. The molecule has 0 unspecified atom stereocenters. The van der Waals surface area contributed by atoms with Crippen LogP contribution in [0.1, 0.15) is 33.4 Å². The fourth-order valence-electron chi connectivity index (χ4n) is 2.51. The van der Waals surface area contributed by atoms with Crippen LogP contribution in [-0.2, 0) is 6.42 Å². The number of hydrogen-bond donors (Lipinski definition) is 1. The molecule has 2 N–H and O–H groups in total. The first-order chi connectivity index (χ1) is 8.49. The maximum absolute atomic E-state index is 5.99. The van der Waals surface area contributed by atoms with Crippen LogP contribution in [-0.4, -0.2) is 4.98 Å². The van der Waals surface area contributed by atoms with Crippen molar-refractivity contribution < 1.29 is 0 Å². The van der Waals surface area contributed by atoms with Crippen LogP contribution >= 0.6 is 0 Å². The molecule has 0 aliphatic heterocycles. The normalized spacial score (nSPS) is 10.7. The van der Waals surface area contributed by atoms with Crippen molar-refractivity contribution in [2.24, 2.45) is 0 Å². The van der Waals surface area contributed by atoms with E-state index in [-0.39, 0.29) is 0 Å². The summed E-state index contributed by atoms with van der Waals surface area (Å²) < 4.78 is 0. The minimum Gasteiger partial charge on any atom is -0.383 e. The Bertz CT molecular complexity index is 542. The molecule has 1 aromatic heterocycles. The predicted molar refractivity (Wildman–Crippen MR) is 76.8 cm³/mol. The lowest BCUT2D eigenvalue weighted by Crippen LogP contribution is -2.04. The summed E-state index contributed by atoms with van der Waals surface area (Å²) in [5.74, 6) is 0.648. The first-order valence-corrected chi connectivity index (χ1v) is 6.25. The smallest absolute Gasteiger partial charge is 0.127 e. The van der Waals surface area contributed by atoms with E-state index in [0.717, 1.165) is 12.0 Å². The van der Waals surface area contributed by atoms with E-state index in [2.05, 4.69) is 44.8 Å². The topological polar surface area (TPSA) is 38.9 Å². The molecule has 0 aliphatic rings. The summed E-state index contributed by atoms with van der Waals surface area (Å²) in [6.45, 7) is 8.55. The molecule has 2 nitrogen and oxygen atoms in total. The van der Waals surface area contributed by atoms with E-state index in [1.807, 2.05) is 6.07 Å². The predicted octanol–water partition coefficient (Wildman–Crippen LogP) is 3.49. The van der Waals surface area contributed by atoms with Gasteiger partial charge in [-0.05, 0) is 56.0 Å². The van der Waals surface area contributed by atoms with Gasteiger partial charge in [0.1, 0.15) is 5.82 Å². The summed E-state index contributed by atoms with van der Waals surface area (Å²) in [7, 11) is 0. The zero-order valence-corrected chi connectivity index (χ0v) is 11.5. The van der Waals surface area contributed by atoms with Crippen molar-refractivity contribution in [1.82, 2.24) is 4.98 Å². The number of nitrogens with two attached hydrogens (primary N) is 1. The SMILES string of the molecule is Cc1cc(C)c(Cc2c(C)ccnc2N)c(C)c1. The highest BCUT2D eigenvalue weighted by molar-refractivity contribution is 5.49. The zero-order chi connectivity index (χ0) is 13.3. The molecule has 1 aromatic carbocycles. The van der Waals surface area contributed by atoms with Crippen molar-refractivity contribution in [1.29, 1.82) is 0 Å². The van der Waals surface area contributed by atoms with Gasteiger partial charge in [-0.2, -0.15) is 0 Å². The van der Waals surface area contributed by atoms with E-state index >= 15 is 0 Å². The Morgan fingerprint density at radius 1 is 0.944 bits per heavy atom. The van der Waals surface area contributed by atoms with Gasteiger partial charge in [-0.25, -0.2) is 4.98 Å².